The van der Waals surface area contributed by atoms with Gasteiger partial charge in [-0.25, -0.2) is 0 Å². The van der Waals surface area contributed by atoms with Crippen molar-refractivity contribution in [2.45, 2.75) is 12.2 Å². The standard InChI is InChI=1S/C21H20O7/c1-23-13-7-5-12(6-8-13)11-21(26-4)20(22)15-16(28-21)14-9-10-27-17(14)19(25-3)18(15)24-2/h5-10H,11H2,1-4H3/t21-/m0/s1. The Bertz CT molecular complexity index is 1040. The van der Waals surface area contributed by atoms with E-state index in [4.69, 9.17) is 28.1 Å². The van der Waals surface area contributed by atoms with Crippen molar-refractivity contribution in [1.29, 1.82) is 0 Å². The molecule has 0 radical (unpaired) electrons. The molecule has 28 heavy (non-hydrogen) atoms. The normalized spacial score (nSPS) is 18.1. The summed E-state index contributed by atoms with van der Waals surface area (Å²) < 4.78 is 33.4. The molecule has 0 N–H and O–H groups in total. The average Bonchev–Trinajstić information content (AvgIpc) is 3.31. The predicted octanol–water partition coefficient (Wildman–Crippen LogP) is 3.62. The third-order valence-electron chi connectivity index (χ3n) is 4.95. The SMILES string of the molecule is COc1ccc(C[C@]2(OC)Oc3c(c(OC)c(OC)c4occc34)C2=O)cc1. The van der Waals surface area contributed by atoms with Crippen molar-refractivity contribution < 1.29 is 32.9 Å². The highest BCUT2D eigenvalue weighted by atomic mass is 16.7. The molecule has 0 saturated carbocycles. The molecule has 1 aliphatic rings. The van der Waals surface area contributed by atoms with Crippen LogP contribution in [-0.2, 0) is 11.2 Å². The lowest BCUT2D eigenvalue weighted by atomic mass is 9.97. The number of ether oxygens (including phenoxy) is 5. The van der Waals surface area contributed by atoms with Gasteiger partial charge in [-0.1, -0.05) is 12.1 Å². The molecule has 2 heterocycles. The highest BCUT2D eigenvalue weighted by molar-refractivity contribution is 6.15. The first-order valence-electron chi connectivity index (χ1n) is 8.65. The molecule has 0 saturated heterocycles. The molecule has 0 aliphatic carbocycles. The molecule has 4 rings (SSSR count). The van der Waals surface area contributed by atoms with E-state index < -0.39 is 5.79 Å². The second-order valence-corrected chi connectivity index (χ2v) is 6.35. The van der Waals surface area contributed by atoms with E-state index in [0.717, 1.165) is 11.3 Å². The number of hydrogen-bond acceptors (Lipinski definition) is 7. The fraction of sp³-hybridized carbons (Fsp3) is 0.286. The van der Waals surface area contributed by atoms with Gasteiger partial charge in [0.05, 0.1) is 33.0 Å². The largest absolute Gasteiger partial charge is 0.497 e. The number of fused-ring (bicyclic) bond motifs is 3. The second kappa shape index (κ2) is 6.76. The lowest BCUT2D eigenvalue weighted by Gasteiger charge is -2.25. The van der Waals surface area contributed by atoms with Gasteiger partial charge in [0.2, 0.25) is 11.5 Å². The Morgan fingerprint density at radius 3 is 2.25 bits per heavy atom. The van der Waals surface area contributed by atoms with Gasteiger partial charge in [-0.05, 0) is 23.8 Å². The van der Waals surface area contributed by atoms with Gasteiger partial charge in [0.1, 0.15) is 17.1 Å². The quantitative estimate of drug-likeness (QED) is 0.642. The Labute approximate surface area is 161 Å². The Kier molecular flexibility index (Phi) is 4.39. The third kappa shape index (κ3) is 2.51. The van der Waals surface area contributed by atoms with Gasteiger partial charge in [-0.3, -0.25) is 4.79 Å². The molecule has 7 heteroatoms. The number of rotatable bonds is 6. The molecule has 146 valence electrons. The lowest BCUT2D eigenvalue weighted by molar-refractivity contribution is -0.116. The first-order valence-corrected chi connectivity index (χ1v) is 8.65. The number of ketones is 1. The van der Waals surface area contributed by atoms with Crippen LogP contribution < -0.4 is 18.9 Å². The number of benzene rings is 2. The average molecular weight is 384 g/mol. The fourth-order valence-corrected chi connectivity index (χ4v) is 3.55. The van der Waals surface area contributed by atoms with Crippen LogP contribution >= 0.6 is 0 Å². The molecule has 7 nitrogen and oxygen atoms in total. The van der Waals surface area contributed by atoms with E-state index in [1.165, 1.54) is 27.6 Å². The molecule has 1 aliphatic heterocycles. The van der Waals surface area contributed by atoms with E-state index in [1.54, 1.807) is 13.2 Å². The van der Waals surface area contributed by atoms with E-state index in [-0.39, 0.29) is 23.5 Å². The van der Waals surface area contributed by atoms with Gasteiger partial charge < -0.3 is 28.1 Å². The van der Waals surface area contributed by atoms with Crippen molar-refractivity contribution in [2.75, 3.05) is 28.4 Å². The third-order valence-corrected chi connectivity index (χ3v) is 4.95. The van der Waals surface area contributed by atoms with E-state index in [9.17, 15) is 4.79 Å². The van der Waals surface area contributed by atoms with Crippen molar-refractivity contribution in [3.63, 3.8) is 0 Å². The minimum atomic E-state index is -1.51. The second-order valence-electron chi connectivity index (χ2n) is 6.35. The summed E-state index contributed by atoms with van der Waals surface area (Å²) in [5, 5.41) is 0.620. The number of methoxy groups -OCH3 is 4. The summed E-state index contributed by atoms with van der Waals surface area (Å²) in [6.07, 6.45) is 1.73. The molecular weight excluding hydrogens is 364 g/mol. The molecule has 2 aromatic carbocycles. The minimum absolute atomic E-state index is 0.214. The van der Waals surface area contributed by atoms with Gasteiger partial charge in [0.25, 0.3) is 5.79 Å². The molecule has 0 fully saturated rings. The molecule has 0 amide bonds. The maximum absolute atomic E-state index is 13.4. The maximum atomic E-state index is 13.4. The van der Waals surface area contributed by atoms with E-state index >= 15 is 0 Å². The van der Waals surface area contributed by atoms with Crippen LogP contribution in [0.1, 0.15) is 15.9 Å². The van der Waals surface area contributed by atoms with Crippen LogP contribution in [0.5, 0.6) is 23.0 Å². The zero-order valence-electron chi connectivity index (χ0n) is 16.0. The van der Waals surface area contributed by atoms with Crippen molar-refractivity contribution in [1.82, 2.24) is 0 Å². The lowest BCUT2D eigenvalue weighted by Crippen LogP contribution is -2.44. The smallest absolute Gasteiger partial charge is 0.279 e. The van der Waals surface area contributed by atoms with Crippen LogP contribution in [-0.4, -0.2) is 40.0 Å². The molecule has 0 unspecified atom stereocenters. The summed E-state index contributed by atoms with van der Waals surface area (Å²) in [6.45, 7) is 0. The number of carbonyl (C=O) groups is 1. The van der Waals surface area contributed by atoms with Crippen LogP contribution in [0.25, 0.3) is 11.0 Å². The van der Waals surface area contributed by atoms with E-state index in [2.05, 4.69) is 0 Å². The van der Waals surface area contributed by atoms with Crippen LogP contribution in [0.15, 0.2) is 41.0 Å². The summed E-state index contributed by atoms with van der Waals surface area (Å²) in [6, 6.07) is 9.10. The summed E-state index contributed by atoms with van der Waals surface area (Å²) in [5.41, 5.74) is 1.59. The van der Waals surface area contributed by atoms with Crippen molar-refractivity contribution in [3.05, 3.63) is 47.7 Å². The van der Waals surface area contributed by atoms with Crippen molar-refractivity contribution in [3.8, 4) is 23.0 Å². The van der Waals surface area contributed by atoms with Crippen molar-refractivity contribution >= 4 is 16.8 Å². The maximum Gasteiger partial charge on any atom is 0.279 e. The first kappa shape index (κ1) is 18.2. The van der Waals surface area contributed by atoms with Gasteiger partial charge in [-0.2, -0.15) is 0 Å². The fourth-order valence-electron chi connectivity index (χ4n) is 3.55. The molecule has 0 spiro atoms. The predicted molar refractivity (Wildman–Crippen MR) is 101 cm³/mol. The van der Waals surface area contributed by atoms with E-state index in [1.807, 2.05) is 24.3 Å². The summed E-state index contributed by atoms with van der Waals surface area (Å²) >= 11 is 0. The van der Waals surface area contributed by atoms with Gasteiger partial charge >= 0.3 is 0 Å². The molecular formula is C21H20O7. The van der Waals surface area contributed by atoms with Gasteiger partial charge in [0, 0.05) is 13.5 Å². The zero-order chi connectivity index (χ0) is 19.9. The van der Waals surface area contributed by atoms with Crippen LogP contribution in [0.4, 0.5) is 0 Å². The van der Waals surface area contributed by atoms with Crippen LogP contribution in [0.3, 0.4) is 0 Å². The Balaban J connectivity index is 1.84. The monoisotopic (exact) mass is 384 g/mol. The summed E-state index contributed by atoms with van der Waals surface area (Å²) in [7, 11) is 6.01. The van der Waals surface area contributed by atoms with E-state index in [0.29, 0.717) is 22.5 Å². The molecule has 1 atom stereocenters. The summed E-state index contributed by atoms with van der Waals surface area (Å²) in [4.78, 5) is 13.4. The molecule has 0 bridgehead atoms. The van der Waals surface area contributed by atoms with Gasteiger partial charge in [-0.15, -0.1) is 0 Å². The summed E-state index contributed by atoms with van der Waals surface area (Å²) in [5.74, 6) is -0.154. The molecule has 3 aromatic rings. The van der Waals surface area contributed by atoms with Crippen LogP contribution in [0.2, 0.25) is 0 Å². The number of hydrogen-bond donors (Lipinski definition) is 0. The number of Topliss-reactive ketones (excluding diaryl/α,β-unsaturated/α-hetero) is 1. The topological polar surface area (TPSA) is 76.4 Å². The first-order chi connectivity index (χ1) is 13.6. The Morgan fingerprint density at radius 2 is 1.64 bits per heavy atom. The van der Waals surface area contributed by atoms with Crippen LogP contribution in [0, 0.1) is 0 Å². The van der Waals surface area contributed by atoms with Gasteiger partial charge in [0.15, 0.2) is 11.3 Å². The number of carbonyl (C=O) groups excluding carboxylic acids is 1. The molecule has 1 aromatic heterocycles. The number of furan rings is 1. The van der Waals surface area contributed by atoms with Crippen molar-refractivity contribution in [2.24, 2.45) is 0 Å². The Hall–Kier alpha value is -3.19. The highest BCUT2D eigenvalue weighted by Gasteiger charge is 2.52. The minimum Gasteiger partial charge on any atom is -0.497 e. The highest BCUT2D eigenvalue weighted by Crippen LogP contribution is 2.52. The Morgan fingerprint density at radius 1 is 0.929 bits per heavy atom. The zero-order valence-corrected chi connectivity index (χ0v) is 16.0.